The van der Waals surface area contributed by atoms with Crippen LogP contribution < -0.4 is 0 Å². The second-order valence-corrected chi connectivity index (χ2v) is 8.05. The number of benzene rings is 1. The topological polar surface area (TPSA) is 37.3 Å². The molecule has 0 saturated heterocycles. The van der Waals surface area contributed by atoms with Crippen molar-refractivity contribution in [2.45, 2.75) is 50.9 Å². The van der Waals surface area contributed by atoms with E-state index in [4.69, 9.17) is 0 Å². The van der Waals surface area contributed by atoms with Crippen LogP contribution in [0.3, 0.4) is 0 Å². The molecule has 1 N–H and O–H groups in total. The van der Waals surface area contributed by atoms with Crippen molar-refractivity contribution in [3.05, 3.63) is 35.9 Å². The molecular weight excluding hydrogens is 248 g/mol. The van der Waals surface area contributed by atoms with Crippen molar-refractivity contribution >= 4 is 5.97 Å². The van der Waals surface area contributed by atoms with Crippen LogP contribution >= 0.6 is 0 Å². The fourth-order valence-electron chi connectivity index (χ4n) is 6.27. The summed E-state index contributed by atoms with van der Waals surface area (Å²) < 4.78 is 0. The molecule has 4 fully saturated rings. The van der Waals surface area contributed by atoms with Gasteiger partial charge in [-0.1, -0.05) is 37.3 Å². The SMILES string of the molecule is C[C@@]12C[C@@H]3C[C@@](C(=O)O)(C1)C[C@@](c1ccccc1)(C3)C2. The van der Waals surface area contributed by atoms with E-state index in [1.54, 1.807) is 0 Å². The van der Waals surface area contributed by atoms with Crippen molar-refractivity contribution in [2.24, 2.45) is 16.7 Å². The molecule has 0 radical (unpaired) electrons. The predicted molar refractivity (Wildman–Crippen MR) is 77.5 cm³/mol. The lowest BCUT2D eigenvalue weighted by Gasteiger charge is -2.64. The molecule has 5 rings (SSSR count). The van der Waals surface area contributed by atoms with E-state index in [9.17, 15) is 9.90 Å². The van der Waals surface area contributed by atoms with Crippen molar-refractivity contribution in [3.8, 4) is 0 Å². The highest BCUT2D eigenvalue weighted by molar-refractivity contribution is 5.76. The van der Waals surface area contributed by atoms with E-state index in [0.29, 0.717) is 5.92 Å². The fourth-order valence-corrected chi connectivity index (χ4v) is 6.27. The van der Waals surface area contributed by atoms with Gasteiger partial charge < -0.3 is 5.11 Å². The summed E-state index contributed by atoms with van der Waals surface area (Å²) in [6.07, 6.45) is 6.26. The van der Waals surface area contributed by atoms with E-state index in [1.165, 1.54) is 24.8 Å². The van der Waals surface area contributed by atoms with Crippen molar-refractivity contribution in [1.82, 2.24) is 0 Å². The Bertz CT molecular complexity index is 566. The molecule has 4 atom stereocenters. The van der Waals surface area contributed by atoms with Crippen molar-refractivity contribution in [2.75, 3.05) is 0 Å². The highest BCUT2D eigenvalue weighted by Crippen LogP contribution is 2.69. The van der Waals surface area contributed by atoms with E-state index >= 15 is 0 Å². The first-order chi connectivity index (χ1) is 9.46. The number of carboxylic acid groups (broad SMARTS) is 1. The average Bonchev–Trinajstić information content (AvgIpc) is 2.37. The Labute approximate surface area is 120 Å². The summed E-state index contributed by atoms with van der Waals surface area (Å²) in [5, 5.41) is 9.85. The third-order valence-electron chi connectivity index (χ3n) is 6.19. The fraction of sp³-hybridized carbons (Fsp3) is 0.611. The Balaban J connectivity index is 1.85. The molecular formula is C18H22O2. The minimum atomic E-state index is -0.548. The lowest BCUT2D eigenvalue weighted by Crippen LogP contribution is -2.60. The summed E-state index contributed by atoms with van der Waals surface area (Å²) >= 11 is 0. The molecule has 20 heavy (non-hydrogen) atoms. The summed E-state index contributed by atoms with van der Waals surface area (Å²) in [5.41, 5.74) is 1.27. The third kappa shape index (κ3) is 1.54. The number of aliphatic carboxylic acids is 1. The van der Waals surface area contributed by atoms with Crippen LogP contribution in [-0.2, 0) is 10.2 Å². The zero-order chi connectivity index (χ0) is 14.0. The molecule has 4 bridgehead atoms. The van der Waals surface area contributed by atoms with Gasteiger partial charge in [0.25, 0.3) is 0 Å². The number of hydrogen-bond donors (Lipinski definition) is 1. The van der Waals surface area contributed by atoms with Crippen molar-refractivity contribution < 1.29 is 9.90 Å². The average molecular weight is 270 g/mol. The largest absolute Gasteiger partial charge is 0.481 e. The maximum absolute atomic E-state index is 12.0. The number of carboxylic acids is 1. The van der Waals surface area contributed by atoms with Crippen LogP contribution in [0.15, 0.2) is 30.3 Å². The van der Waals surface area contributed by atoms with Gasteiger partial charge in [0, 0.05) is 0 Å². The first kappa shape index (κ1) is 12.4. The minimum Gasteiger partial charge on any atom is -0.481 e. The minimum absolute atomic E-state index is 0.119. The Morgan fingerprint density at radius 2 is 1.85 bits per heavy atom. The molecule has 0 aliphatic heterocycles. The molecule has 1 aromatic rings. The zero-order valence-corrected chi connectivity index (χ0v) is 12.1. The number of carbonyl (C=O) groups is 1. The van der Waals surface area contributed by atoms with E-state index < -0.39 is 11.4 Å². The first-order valence-corrected chi connectivity index (χ1v) is 7.75. The van der Waals surface area contributed by atoms with Crippen LogP contribution in [0.4, 0.5) is 0 Å². The summed E-state index contributed by atoms with van der Waals surface area (Å²) in [6.45, 7) is 2.33. The molecule has 0 unspecified atom stereocenters. The predicted octanol–water partition coefficient (Wildman–Crippen LogP) is 4.00. The van der Waals surface area contributed by atoms with E-state index in [2.05, 4.69) is 37.3 Å². The van der Waals surface area contributed by atoms with Crippen LogP contribution in [0, 0.1) is 16.7 Å². The Kier molecular flexibility index (Phi) is 2.28. The van der Waals surface area contributed by atoms with E-state index in [-0.39, 0.29) is 10.8 Å². The van der Waals surface area contributed by atoms with Crippen LogP contribution in [0.5, 0.6) is 0 Å². The normalized spacial score (nSPS) is 45.5. The highest BCUT2D eigenvalue weighted by Gasteiger charge is 2.64. The Morgan fingerprint density at radius 3 is 2.50 bits per heavy atom. The molecule has 0 spiro atoms. The molecule has 106 valence electrons. The summed E-state index contributed by atoms with van der Waals surface area (Å²) in [7, 11) is 0. The highest BCUT2D eigenvalue weighted by atomic mass is 16.4. The molecule has 4 aliphatic rings. The van der Waals surface area contributed by atoms with Crippen molar-refractivity contribution in [1.29, 1.82) is 0 Å². The summed E-state index contributed by atoms with van der Waals surface area (Å²) in [6, 6.07) is 10.7. The van der Waals surface area contributed by atoms with Crippen LogP contribution in [0.1, 0.15) is 51.0 Å². The van der Waals surface area contributed by atoms with E-state index in [0.717, 1.165) is 19.3 Å². The maximum Gasteiger partial charge on any atom is 0.309 e. The molecule has 1 aromatic carbocycles. The van der Waals surface area contributed by atoms with Gasteiger partial charge in [-0.15, -0.1) is 0 Å². The molecule has 0 aromatic heterocycles. The Hall–Kier alpha value is -1.31. The number of rotatable bonds is 2. The van der Waals surface area contributed by atoms with Gasteiger partial charge in [0.1, 0.15) is 0 Å². The van der Waals surface area contributed by atoms with Crippen LogP contribution in [0.2, 0.25) is 0 Å². The summed E-state index contributed by atoms with van der Waals surface area (Å²) in [5.74, 6) is 0.0562. The van der Waals surface area contributed by atoms with E-state index in [1.807, 2.05) is 0 Å². The van der Waals surface area contributed by atoms with Gasteiger partial charge >= 0.3 is 5.97 Å². The van der Waals surface area contributed by atoms with Gasteiger partial charge in [-0.3, -0.25) is 4.79 Å². The smallest absolute Gasteiger partial charge is 0.309 e. The van der Waals surface area contributed by atoms with Crippen LogP contribution in [-0.4, -0.2) is 11.1 Å². The van der Waals surface area contributed by atoms with Gasteiger partial charge in [-0.05, 0) is 60.8 Å². The van der Waals surface area contributed by atoms with Gasteiger partial charge in [0.15, 0.2) is 0 Å². The standard InChI is InChI=1S/C18H22O2/c1-16-7-13-8-17(10-16,14-5-3-2-4-6-14)12-18(9-13,11-16)15(19)20/h2-6,13H,7-12H2,1H3,(H,19,20)/t13-,16-,17+,18+/m0/s1. The molecule has 2 heteroatoms. The van der Waals surface area contributed by atoms with Gasteiger partial charge in [-0.2, -0.15) is 0 Å². The third-order valence-corrected chi connectivity index (χ3v) is 6.19. The second kappa shape index (κ2) is 3.66. The molecule has 0 amide bonds. The number of hydrogen-bond acceptors (Lipinski definition) is 1. The van der Waals surface area contributed by atoms with Gasteiger partial charge in [-0.25, -0.2) is 0 Å². The molecule has 4 aliphatic carbocycles. The molecule has 4 saturated carbocycles. The summed E-state index contributed by atoms with van der Waals surface area (Å²) in [4.78, 5) is 12.0. The molecule has 2 nitrogen and oxygen atoms in total. The maximum atomic E-state index is 12.0. The van der Waals surface area contributed by atoms with Gasteiger partial charge in [0.05, 0.1) is 5.41 Å². The monoisotopic (exact) mass is 270 g/mol. The second-order valence-electron chi connectivity index (χ2n) is 8.05. The lowest BCUT2D eigenvalue weighted by molar-refractivity contribution is -0.176. The lowest BCUT2D eigenvalue weighted by atomic mass is 9.39. The van der Waals surface area contributed by atoms with Crippen molar-refractivity contribution in [3.63, 3.8) is 0 Å². The first-order valence-electron chi connectivity index (χ1n) is 7.75. The quantitative estimate of drug-likeness (QED) is 0.882. The molecule has 0 heterocycles. The zero-order valence-electron chi connectivity index (χ0n) is 12.1. The van der Waals surface area contributed by atoms with Gasteiger partial charge in [0.2, 0.25) is 0 Å². The Morgan fingerprint density at radius 1 is 1.10 bits per heavy atom. The van der Waals surface area contributed by atoms with Crippen LogP contribution in [0.25, 0.3) is 0 Å².